The maximum Gasteiger partial charge on any atom is 0.305 e. The van der Waals surface area contributed by atoms with Gasteiger partial charge in [-0.05, 0) is 47.9 Å². The van der Waals surface area contributed by atoms with Gasteiger partial charge >= 0.3 is 5.97 Å². The number of nitrogens with zero attached hydrogens (tertiary/aromatic N) is 1. The van der Waals surface area contributed by atoms with E-state index in [1.54, 1.807) is 36.5 Å². The largest absolute Gasteiger partial charge is 0.481 e. The van der Waals surface area contributed by atoms with E-state index in [9.17, 15) is 19.5 Å². The molecule has 38 heavy (non-hydrogen) atoms. The second-order valence-corrected chi connectivity index (χ2v) is 9.53. The van der Waals surface area contributed by atoms with Crippen molar-refractivity contribution >= 4 is 30.2 Å². The summed E-state index contributed by atoms with van der Waals surface area (Å²) in [6, 6.07) is 14.4. The molecule has 1 aromatic heterocycles. The van der Waals surface area contributed by atoms with Gasteiger partial charge in [-0.15, -0.1) is 12.6 Å². The van der Waals surface area contributed by atoms with E-state index in [1.807, 2.05) is 31.2 Å². The molecule has 2 aromatic carbocycles. The lowest BCUT2D eigenvalue weighted by Gasteiger charge is -2.24. The van der Waals surface area contributed by atoms with E-state index in [4.69, 9.17) is 9.47 Å². The number of hydrogen-bond acceptors (Lipinski definition) is 7. The molecule has 10 heteroatoms. The van der Waals surface area contributed by atoms with Gasteiger partial charge in [0.05, 0.1) is 12.5 Å². The zero-order valence-corrected chi connectivity index (χ0v) is 21.9. The van der Waals surface area contributed by atoms with Gasteiger partial charge in [0.1, 0.15) is 11.7 Å². The van der Waals surface area contributed by atoms with Crippen molar-refractivity contribution in [3.05, 3.63) is 82.3 Å². The van der Waals surface area contributed by atoms with Crippen molar-refractivity contribution in [2.45, 2.75) is 56.1 Å². The predicted molar refractivity (Wildman–Crippen MR) is 146 cm³/mol. The van der Waals surface area contributed by atoms with Crippen LogP contribution in [0.25, 0.3) is 0 Å². The molecule has 1 aliphatic rings. The van der Waals surface area contributed by atoms with Crippen LogP contribution in [0.2, 0.25) is 0 Å². The van der Waals surface area contributed by atoms with Gasteiger partial charge in [-0.25, -0.2) is 0 Å². The average Bonchev–Trinajstić information content (AvgIpc) is 3.37. The number of unbranched alkanes of at least 4 members (excludes halogenated alkanes) is 1. The number of ether oxygens (including phenoxy) is 2. The van der Waals surface area contributed by atoms with Crippen LogP contribution in [0.15, 0.2) is 70.5 Å². The number of hydrogen-bond donors (Lipinski definition) is 4. The molecule has 0 saturated carbocycles. The molecule has 0 saturated heterocycles. The number of carbonyl (C=O) groups is 2. The second kappa shape index (κ2) is 12.6. The van der Waals surface area contributed by atoms with Gasteiger partial charge in [0.25, 0.3) is 5.56 Å². The molecule has 200 valence electrons. The first-order valence-corrected chi connectivity index (χ1v) is 13.0. The fourth-order valence-electron chi connectivity index (χ4n) is 4.36. The molecule has 0 fully saturated rings. The minimum Gasteiger partial charge on any atom is -0.481 e. The standard InChI is InChI=1S/C28H31N3O6S/c1-2-3-9-22(31-13-6-8-20(28(31)35)29-16-19-7-4-5-10-25(19)38)27(34)30-21(15-26(32)33)18-11-12-23-24(14-18)37-17-36-23/h4-8,10-14,21-22,29,38H,2-3,9,15-17H2,1H3,(H,30,34)(H,32,33)/t21-,22?/m0/s1. The number of aromatic nitrogens is 1. The average molecular weight is 538 g/mol. The smallest absolute Gasteiger partial charge is 0.305 e. The highest BCUT2D eigenvalue weighted by molar-refractivity contribution is 7.80. The number of carboxylic acid groups (broad SMARTS) is 1. The number of pyridine rings is 1. The number of fused-ring (bicyclic) bond motifs is 1. The summed E-state index contributed by atoms with van der Waals surface area (Å²) < 4.78 is 12.2. The summed E-state index contributed by atoms with van der Waals surface area (Å²) in [6.45, 7) is 2.49. The van der Waals surface area contributed by atoms with Gasteiger partial charge in [-0.3, -0.25) is 14.4 Å². The van der Waals surface area contributed by atoms with Crippen LogP contribution in [0.1, 0.15) is 55.8 Å². The molecular formula is C28H31N3O6S. The molecule has 1 aliphatic heterocycles. The Morgan fingerprint density at radius 2 is 1.89 bits per heavy atom. The van der Waals surface area contributed by atoms with Crippen molar-refractivity contribution in [1.82, 2.24) is 9.88 Å². The van der Waals surface area contributed by atoms with E-state index in [2.05, 4.69) is 23.3 Å². The van der Waals surface area contributed by atoms with E-state index in [1.165, 1.54) is 4.57 Å². The van der Waals surface area contributed by atoms with Crippen LogP contribution in [0, 0.1) is 0 Å². The van der Waals surface area contributed by atoms with Crippen LogP contribution < -0.4 is 25.7 Å². The molecule has 3 aromatic rings. The highest BCUT2D eigenvalue weighted by Gasteiger charge is 2.27. The van der Waals surface area contributed by atoms with Crippen LogP contribution in [-0.4, -0.2) is 28.3 Å². The van der Waals surface area contributed by atoms with Crippen molar-refractivity contribution in [2.24, 2.45) is 0 Å². The molecule has 0 aliphatic carbocycles. The number of rotatable bonds is 12. The SMILES string of the molecule is CCCCC(C(=O)N[C@@H](CC(=O)O)c1ccc2c(c1)OCO2)n1cccc(NCc2ccccc2S)c1=O. The Labute approximate surface area is 226 Å². The minimum absolute atomic E-state index is 0.0840. The molecule has 4 rings (SSSR count). The van der Waals surface area contributed by atoms with E-state index in [0.717, 1.165) is 16.9 Å². The Morgan fingerprint density at radius 1 is 1.11 bits per heavy atom. The Balaban J connectivity index is 1.58. The summed E-state index contributed by atoms with van der Waals surface area (Å²) in [5.41, 5.74) is 1.54. The predicted octanol–water partition coefficient (Wildman–Crippen LogP) is 4.54. The first kappa shape index (κ1) is 27.1. The number of anilines is 1. The highest BCUT2D eigenvalue weighted by atomic mass is 32.1. The van der Waals surface area contributed by atoms with Crippen molar-refractivity contribution in [3.8, 4) is 11.5 Å². The number of benzene rings is 2. The van der Waals surface area contributed by atoms with E-state index >= 15 is 0 Å². The van der Waals surface area contributed by atoms with Gasteiger partial charge in [0.15, 0.2) is 11.5 Å². The molecular weight excluding hydrogens is 506 g/mol. The van der Waals surface area contributed by atoms with Gasteiger partial charge in [0.2, 0.25) is 12.7 Å². The summed E-state index contributed by atoms with van der Waals surface area (Å²) in [6.07, 6.45) is 3.23. The van der Waals surface area contributed by atoms with E-state index < -0.39 is 24.0 Å². The maximum absolute atomic E-state index is 13.6. The van der Waals surface area contributed by atoms with Crippen LogP contribution in [0.3, 0.4) is 0 Å². The molecule has 2 atom stereocenters. The number of carbonyl (C=O) groups excluding carboxylic acids is 1. The van der Waals surface area contributed by atoms with Gasteiger partial charge in [-0.2, -0.15) is 0 Å². The maximum atomic E-state index is 13.6. The molecule has 1 unspecified atom stereocenters. The third kappa shape index (κ3) is 6.49. The summed E-state index contributed by atoms with van der Waals surface area (Å²) in [4.78, 5) is 39.5. The minimum atomic E-state index is -1.06. The molecule has 0 bridgehead atoms. The van der Waals surface area contributed by atoms with Crippen LogP contribution in [0.5, 0.6) is 11.5 Å². The lowest BCUT2D eigenvalue weighted by atomic mass is 10.0. The topological polar surface area (TPSA) is 119 Å². The van der Waals surface area contributed by atoms with Gasteiger partial charge < -0.3 is 29.8 Å². The molecule has 9 nitrogen and oxygen atoms in total. The van der Waals surface area contributed by atoms with E-state index in [-0.39, 0.29) is 18.8 Å². The molecule has 3 N–H and O–H groups in total. The summed E-state index contributed by atoms with van der Waals surface area (Å²) in [7, 11) is 0. The Morgan fingerprint density at radius 3 is 2.66 bits per heavy atom. The highest BCUT2D eigenvalue weighted by Crippen LogP contribution is 2.35. The molecule has 2 heterocycles. The number of nitrogens with one attached hydrogen (secondary N) is 2. The Bertz CT molecular complexity index is 1360. The van der Waals surface area contributed by atoms with Crippen LogP contribution in [0.4, 0.5) is 5.69 Å². The fourth-order valence-corrected chi connectivity index (χ4v) is 4.60. The molecule has 0 radical (unpaired) electrons. The first-order chi connectivity index (χ1) is 18.4. The lowest BCUT2D eigenvalue weighted by Crippen LogP contribution is -2.40. The zero-order valence-electron chi connectivity index (χ0n) is 21.1. The monoisotopic (exact) mass is 537 g/mol. The summed E-state index contributed by atoms with van der Waals surface area (Å²) >= 11 is 4.46. The Kier molecular flexibility index (Phi) is 8.96. The first-order valence-electron chi connectivity index (χ1n) is 12.5. The third-order valence-electron chi connectivity index (χ3n) is 6.40. The number of carboxylic acids is 1. The third-order valence-corrected chi connectivity index (χ3v) is 6.84. The van der Waals surface area contributed by atoms with Gasteiger partial charge in [-0.1, -0.05) is 44.0 Å². The quantitative estimate of drug-likeness (QED) is 0.251. The number of aliphatic carboxylic acids is 1. The van der Waals surface area contributed by atoms with Crippen molar-refractivity contribution in [3.63, 3.8) is 0 Å². The lowest BCUT2D eigenvalue weighted by molar-refractivity contribution is -0.138. The van der Waals surface area contributed by atoms with Gasteiger partial charge in [0, 0.05) is 17.6 Å². The molecule has 1 amide bonds. The number of amides is 1. The Hall–Kier alpha value is -3.92. The normalized spacial score (nSPS) is 13.5. The zero-order chi connectivity index (χ0) is 27.1. The number of thiol groups is 1. The van der Waals surface area contributed by atoms with Crippen LogP contribution in [-0.2, 0) is 16.1 Å². The van der Waals surface area contributed by atoms with E-state index in [0.29, 0.717) is 42.1 Å². The van der Waals surface area contributed by atoms with Crippen molar-refractivity contribution in [2.75, 3.05) is 12.1 Å². The van der Waals surface area contributed by atoms with Crippen molar-refractivity contribution < 1.29 is 24.2 Å². The summed E-state index contributed by atoms with van der Waals surface area (Å²) in [5.74, 6) is -0.438. The molecule has 0 spiro atoms. The fraction of sp³-hybridized carbons (Fsp3) is 0.321. The second-order valence-electron chi connectivity index (χ2n) is 9.05. The van der Waals surface area contributed by atoms with Crippen LogP contribution >= 0.6 is 12.6 Å². The van der Waals surface area contributed by atoms with Crippen molar-refractivity contribution in [1.29, 1.82) is 0 Å². The summed E-state index contributed by atoms with van der Waals surface area (Å²) in [5, 5.41) is 15.6.